The lowest BCUT2D eigenvalue weighted by Gasteiger charge is -2.35. The van der Waals surface area contributed by atoms with E-state index in [4.69, 9.17) is 5.73 Å². The summed E-state index contributed by atoms with van der Waals surface area (Å²) in [6, 6.07) is 19.4. The first-order valence-corrected chi connectivity index (χ1v) is 8.88. The molecule has 2 heterocycles. The summed E-state index contributed by atoms with van der Waals surface area (Å²) in [5.41, 5.74) is 10.8. The second kappa shape index (κ2) is 7.03. The van der Waals surface area contributed by atoms with E-state index < -0.39 is 0 Å². The monoisotopic (exact) mass is 332 g/mol. The molecule has 0 aliphatic carbocycles. The molecular weight excluding hydrogens is 308 g/mol. The number of dihydropyridines is 1. The molecule has 2 unspecified atom stereocenters. The topological polar surface area (TPSA) is 53.3 Å². The second-order valence-corrected chi connectivity index (χ2v) is 6.43. The predicted octanol–water partition coefficient (Wildman–Crippen LogP) is 2.86. The summed E-state index contributed by atoms with van der Waals surface area (Å²) in [5, 5.41) is 7.28. The fraction of sp³-hybridized carbons (Fsp3) is 0.238. The van der Waals surface area contributed by atoms with Gasteiger partial charge in [0, 0.05) is 17.8 Å². The number of nitrogens with zero attached hydrogens (tertiary/aromatic N) is 1. The van der Waals surface area contributed by atoms with Crippen LogP contribution in [0.2, 0.25) is 0 Å². The average Bonchev–Trinajstić information content (AvgIpc) is 2.82. The third kappa shape index (κ3) is 3.01. The van der Waals surface area contributed by atoms with Gasteiger partial charge in [0.2, 0.25) is 0 Å². The molecule has 2 aromatic rings. The van der Waals surface area contributed by atoms with E-state index >= 15 is 0 Å². The maximum Gasteiger partial charge on any atom is 0.140 e. The first kappa shape index (κ1) is 15.8. The van der Waals surface area contributed by atoms with Gasteiger partial charge in [0.15, 0.2) is 0 Å². The van der Waals surface area contributed by atoms with Crippen LogP contribution in [0.5, 0.6) is 0 Å². The van der Waals surface area contributed by atoms with Gasteiger partial charge in [-0.15, -0.1) is 0 Å². The number of para-hydroxylation sites is 1. The standard InChI is InChI=1S/C21H24N4/c22-13-7-15-25-19-12-5-4-10-17(19)20(16-8-2-1-3-9-16)24-18-11-6-14-23-21(18)25/h1-6,8-12,14,20-21,23-24H,7,13,15,22H2. The van der Waals surface area contributed by atoms with Crippen molar-refractivity contribution in [3.63, 3.8) is 0 Å². The van der Waals surface area contributed by atoms with E-state index in [9.17, 15) is 0 Å². The quantitative estimate of drug-likeness (QED) is 0.806. The number of rotatable bonds is 4. The van der Waals surface area contributed by atoms with Crippen molar-refractivity contribution in [2.24, 2.45) is 5.73 Å². The molecule has 2 aliphatic rings. The molecule has 4 rings (SSSR count). The predicted molar refractivity (Wildman–Crippen MR) is 103 cm³/mol. The molecule has 0 aromatic heterocycles. The largest absolute Gasteiger partial charge is 0.374 e. The zero-order valence-electron chi connectivity index (χ0n) is 14.2. The van der Waals surface area contributed by atoms with Crippen LogP contribution in [0.15, 0.2) is 78.6 Å². The number of nitrogens with one attached hydrogen (secondary N) is 2. The fourth-order valence-electron chi connectivity index (χ4n) is 3.66. The molecule has 2 aliphatic heterocycles. The van der Waals surface area contributed by atoms with Crippen molar-refractivity contribution in [2.75, 3.05) is 18.0 Å². The van der Waals surface area contributed by atoms with Gasteiger partial charge in [-0.3, -0.25) is 0 Å². The SMILES string of the molecule is NCCCN1c2ccccc2C(c2ccccc2)NC2=CC=CNC21. The molecule has 0 amide bonds. The average molecular weight is 332 g/mol. The number of allylic oxidation sites excluding steroid dienone is 2. The molecule has 0 fully saturated rings. The van der Waals surface area contributed by atoms with Crippen LogP contribution < -0.4 is 21.3 Å². The number of hydrogen-bond donors (Lipinski definition) is 3. The Kier molecular flexibility index (Phi) is 4.44. The molecule has 128 valence electrons. The van der Waals surface area contributed by atoms with E-state index in [1.165, 1.54) is 22.5 Å². The van der Waals surface area contributed by atoms with Gasteiger partial charge in [0.1, 0.15) is 6.17 Å². The lowest BCUT2D eigenvalue weighted by atomic mass is 9.97. The number of fused-ring (bicyclic) bond motifs is 2. The van der Waals surface area contributed by atoms with E-state index in [0.717, 1.165) is 13.0 Å². The van der Waals surface area contributed by atoms with E-state index in [-0.39, 0.29) is 12.2 Å². The van der Waals surface area contributed by atoms with Gasteiger partial charge in [-0.1, -0.05) is 48.5 Å². The van der Waals surface area contributed by atoms with Gasteiger partial charge in [-0.2, -0.15) is 0 Å². The van der Waals surface area contributed by atoms with Crippen molar-refractivity contribution >= 4 is 5.69 Å². The Balaban J connectivity index is 1.84. The Labute approximate surface area is 149 Å². The number of benzene rings is 2. The minimum Gasteiger partial charge on any atom is -0.374 e. The lowest BCUT2D eigenvalue weighted by Crippen LogP contribution is -2.48. The fourth-order valence-corrected chi connectivity index (χ4v) is 3.66. The summed E-state index contributed by atoms with van der Waals surface area (Å²) >= 11 is 0. The smallest absolute Gasteiger partial charge is 0.140 e. The first-order valence-electron chi connectivity index (χ1n) is 8.88. The summed E-state index contributed by atoms with van der Waals surface area (Å²) in [6.07, 6.45) is 7.29. The summed E-state index contributed by atoms with van der Waals surface area (Å²) in [4.78, 5) is 2.42. The molecule has 2 atom stereocenters. The van der Waals surface area contributed by atoms with Crippen LogP contribution in [0.3, 0.4) is 0 Å². The van der Waals surface area contributed by atoms with Crippen molar-refractivity contribution in [3.8, 4) is 0 Å². The van der Waals surface area contributed by atoms with E-state index in [1.54, 1.807) is 0 Å². The highest BCUT2D eigenvalue weighted by molar-refractivity contribution is 5.61. The molecule has 0 spiro atoms. The van der Waals surface area contributed by atoms with Gasteiger partial charge < -0.3 is 21.3 Å². The van der Waals surface area contributed by atoms with Crippen LogP contribution in [-0.2, 0) is 0 Å². The third-order valence-corrected chi connectivity index (χ3v) is 4.84. The van der Waals surface area contributed by atoms with Gasteiger partial charge in [0.05, 0.1) is 11.7 Å². The van der Waals surface area contributed by atoms with Crippen LogP contribution in [0.4, 0.5) is 5.69 Å². The summed E-state index contributed by atoms with van der Waals surface area (Å²) in [7, 11) is 0. The molecule has 4 N–H and O–H groups in total. The molecule has 0 saturated carbocycles. The Morgan fingerprint density at radius 3 is 2.64 bits per heavy atom. The maximum absolute atomic E-state index is 5.80. The molecular formula is C21H24N4. The number of nitrogens with two attached hydrogens (primary N) is 1. The van der Waals surface area contributed by atoms with Crippen LogP contribution >= 0.6 is 0 Å². The van der Waals surface area contributed by atoms with E-state index in [1.807, 2.05) is 6.20 Å². The maximum atomic E-state index is 5.80. The highest BCUT2D eigenvalue weighted by Gasteiger charge is 2.32. The van der Waals surface area contributed by atoms with Crippen molar-refractivity contribution in [1.82, 2.24) is 10.6 Å². The highest BCUT2D eigenvalue weighted by Crippen LogP contribution is 2.36. The third-order valence-electron chi connectivity index (χ3n) is 4.84. The van der Waals surface area contributed by atoms with Crippen LogP contribution in [0.25, 0.3) is 0 Å². The molecule has 0 bridgehead atoms. The minimum absolute atomic E-state index is 0.103. The van der Waals surface area contributed by atoms with Gasteiger partial charge >= 0.3 is 0 Å². The Morgan fingerprint density at radius 1 is 1.00 bits per heavy atom. The van der Waals surface area contributed by atoms with Crippen molar-refractivity contribution < 1.29 is 0 Å². The van der Waals surface area contributed by atoms with Crippen molar-refractivity contribution in [3.05, 3.63) is 89.8 Å². The normalized spacial score (nSPS) is 21.3. The van der Waals surface area contributed by atoms with Gasteiger partial charge in [-0.25, -0.2) is 0 Å². The van der Waals surface area contributed by atoms with Gasteiger partial charge in [0.25, 0.3) is 0 Å². The summed E-state index contributed by atoms with van der Waals surface area (Å²) in [5.74, 6) is 0. The highest BCUT2D eigenvalue weighted by atomic mass is 15.3. The van der Waals surface area contributed by atoms with E-state index in [2.05, 4.69) is 82.3 Å². The number of hydrogen-bond acceptors (Lipinski definition) is 4. The van der Waals surface area contributed by atoms with Crippen molar-refractivity contribution in [1.29, 1.82) is 0 Å². The molecule has 25 heavy (non-hydrogen) atoms. The van der Waals surface area contributed by atoms with Crippen molar-refractivity contribution in [2.45, 2.75) is 18.6 Å². The summed E-state index contributed by atoms with van der Waals surface area (Å²) < 4.78 is 0. The zero-order valence-corrected chi connectivity index (χ0v) is 14.2. The van der Waals surface area contributed by atoms with Gasteiger partial charge in [-0.05, 0) is 42.9 Å². The first-order chi connectivity index (χ1) is 12.4. The molecule has 0 radical (unpaired) electrons. The molecule has 2 aromatic carbocycles. The van der Waals surface area contributed by atoms with Crippen LogP contribution in [0.1, 0.15) is 23.6 Å². The number of anilines is 1. The van der Waals surface area contributed by atoms with Crippen LogP contribution in [-0.4, -0.2) is 19.3 Å². The minimum atomic E-state index is 0.103. The second-order valence-electron chi connectivity index (χ2n) is 6.43. The Morgan fingerprint density at radius 2 is 1.80 bits per heavy atom. The lowest BCUT2D eigenvalue weighted by molar-refractivity contribution is 0.551. The zero-order chi connectivity index (χ0) is 17.1. The molecule has 4 heteroatoms. The van der Waals surface area contributed by atoms with E-state index in [0.29, 0.717) is 6.54 Å². The Hall–Kier alpha value is -2.72. The Bertz CT molecular complexity index is 781. The van der Waals surface area contributed by atoms with Crippen LogP contribution in [0, 0.1) is 0 Å². The molecule has 4 nitrogen and oxygen atoms in total. The summed E-state index contributed by atoms with van der Waals surface area (Å²) in [6.45, 7) is 1.61. The molecule has 0 saturated heterocycles.